The van der Waals surface area contributed by atoms with E-state index in [9.17, 15) is 4.39 Å². The van der Waals surface area contributed by atoms with Crippen molar-refractivity contribution in [3.8, 4) is 11.5 Å². The van der Waals surface area contributed by atoms with Crippen molar-refractivity contribution < 1.29 is 8.91 Å². The van der Waals surface area contributed by atoms with E-state index in [1.807, 2.05) is 0 Å². The molecule has 1 saturated carbocycles. The normalized spacial score (nSPS) is 17.1. The van der Waals surface area contributed by atoms with Crippen LogP contribution in [0.1, 0.15) is 50.3 Å². The molecule has 106 valence electrons. The van der Waals surface area contributed by atoms with Crippen LogP contribution in [0.25, 0.3) is 11.5 Å². The van der Waals surface area contributed by atoms with Gasteiger partial charge in [0, 0.05) is 5.92 Å². The molecule has 0 aliphatic heterocycles. The molecule has 1 aromatic heterocycles. The van der Waals surface area contributed by atoms with Crippen LogP contribution in [0, 0.1) is 5.82 Å². The quantitative estimate of drug-likeness (QED) is 0.667. The average molecular weight is 275 g/mol. The molecule has 0 atom stereocenters. The second-order valence-electron chi connectivity index (χ2n) is 5.35. The fourth-order valence-corrected chi connectivity index (χ4v) is 2.77. The molecule has 1 heterocycles. The average Bonchev–Trinajstić information content (AvgIpc) is 2.77. The third-order valence-corrected chi connectivity index (χ3v) is 3.95. The molecule has 0 amide bonds. The maximum atomic E-state index is 13.5. The van der Waals surface area contributed by atoms with Crippen LogP contribution < -0.4 is 5.73 Å². The van der Waals surface area contributed by atoms with Crippen molar-refractivity contribution >= 4 is 5.69 Å². The SMILES string of the molecule is Nc1c(F)cccc1-c1nc(C2CCCCCC2)no1. The molecule has 20 heavy (non-hydrogen) atoms. The molecule has 1 aliphatic rings. The Kier molecular flexibility index (Phi) is 3.67. The minimum absolute atomic E-state index is 0.0589. The lowest BCUT2D eigenvalue weighted by atomic mass is 10.00. The zero-order valence-corrected chi connectivity index (χ0v) is 11.3. The second-order valence-corrected chi connectivity index (χ2v) is 5.35. The van der Waals surface area contributed by atoms with E-state index in [4.69, 9.17) is 10.3 Å². The van der Waals surface area contributed by atoms with Gasteiger partial charge >= 0.3 is 0 Å². The van der Waals surface area contributed by atoms with Gasteiger partial charge in [0.05, 0.1) is 11.3 Å². The monoisotopic (exact) mass is 275 g/mol. The molecular weight excluding hydrogens is 257 g/mol. The Labute approximate surface area is 117 Å². The van der Waals surface area contributed by atoms with Crippen LogP contribution in [-0.2, 0) is 0 Å². The summed E-state index contributed by atoms with van der Waals surface area (Å²) in [7, 11) is 0. The van der Waals surface area contributed by atoms with Crippen molar-refractivity contribution in [2.24, 2.45) is 0 Å². The van der Waals surface area contributed by atoms with Crippen molar-refractivity contribution in [1.82, 2.24) is 10.1 Å². The number of benzene rings is 1. The lowest BCUT2D eigenvalue weighted by Crippen LogP contribution is -2.00. The van der Waals surface area contributed by atoms with E-state index in [-0.39, 0.29) is 5.69 Å². The molecule has 3 rings (SSSR count). The number of anilines is 1. The first-order chi connectivity index (χ1) is 9.75. The van der Waals surface area contributed by atoms with E-state index in [1.165, 1.54) is 31.7 Å². The van der Waals surface area contributed by atoms with E-state index in [1.54, 1.807) is 12.1 Å². The summed E-state index contributed by atoms with van der Waals surface area (Å²) in [5, 5.41) is 4.06. The lowest BCUT2D eigenvalue weighted by molar-refractivity contribution is 0.410. The van der Waals surface area contributed by atoms with Gasteiger partial charge in [-0.1, -0.05) is 36.9 Å². The van der Waals surface area contributed by atoms with E-state index < -0.39 is 5.82 Å². The number of nitrogens with zero attached hydrogens (tertiary/aromatic N) is 2. The Morgan fingerprint density at radius 2 is 1.90 bits per heavy atom. The highest BCUT2D eigenvalue weighted by atomic mass is 19.1. The van der Waals surface area contributed by atoms with Crippen molar-refractivity contribution in [1.29, 1.82) is 0 Å². The first-order valence-corrected chi connectivity index (χ1v) is 7.13. The third-order valence-electron chi connectivity index (χ3n) is 3.95. The van der Waals surface area contributed by atoms with Gasteiger partial charge in [0.1, 0.15) is 5.82 Å². The Morgan fingerprint density at radius 3 is 2.65 bits per heavy atom. The summed E-state index contributed by atoms with van der Waals surface area (Å²) in [5.74, 6) is 0.924. The number of rotatable bonds is 2. The Hall–Kier alpha value is -1.91. The molecular formula is C15H18FN3O. The van der Waals surface area contributed by atoms with Crippen LogP contribution in [0.4, 0.5) is 10.1 Å². The summed E-state index contributed by atoms with van der Waals surface area (Å²) < 4.78 is 18.7. The Bertz CT molecular complexity index is 589. The zero-order chi connectivity index (χ0) is 13.9. The van der Waals surface area contributed by atoms with Gasteiger partial charge in [-0.05, 0) is 25.0 Å². The standard InChI is InChI=1S/C15H18FN3O/c16-12-9-5-8-11(13(12)17)15-18-14(19-20-15)10-6-3-1-2-4-7-10/h5,8-10H,1-4,6-7,17H2. The fraction of sp³-hybridized carbons (Fsp3) is 0.467. The topological polar surface area (TPSA) is 64.9 Å². The first-order valence-electron chi connectivity index (χ1n) is 7.13. The van der Waals surface area contributed by atoms with Crippen LogP contribution in [0.15, 0.2) is 22.7 Å². The number of nitrogen functional groups attached to an aromatic ring is 1. The number of aromatic nitrogens is 2. The highest BCUT2D eigenvalue weighted by molar-refractivity contribution is 5.70. The summed E-state index contributed by atoms with van der Waals surface area (Å²) in [6.45, 7) is 0. The van der Waals surface area contributed by atoms with Crippen molar-refractivity contribution in [2.75, 3.05) is 5.73 Å². The Morgan fingerprint density at radius 1 is 1.15 bits per heavy atom. The molecule has 0 unspecified atom stereocenters. The third kappa shape index (κ3) is 2.53. The Balaban J connectivity index is 1.87. The van der Waals surface area contributed by atoms with Crippen LogP contribution in [-0.4, -0.2) is 10.1 Å². The fourth-order valence-electron chi connectivity index (χ4n) is 2.77. The number of para-hydroxylation sites is 1. The zero-order valence-electron chi connectivity index (χ0n) is 11.3. The number of nitrogens with two attached hydrogens (primary N) is 1. The van der Waals surface area contributed by atoms with Crippen molar-refractivity contribution in [2.45, 2.75) is 44.4 Å². The molecule has 4 nitrogen and oxygen atoms in total. The molecule has 0 radical (unpaired) electrons. The van der Waals surface area contributed by atoms with Gasteiger partial charge in [0.15, 0.2) is 5.82 Å². The van der Waals surface area contributed by atoms with Gasteiger partial charge in [-0.2, -0.15) is 4.98 Å². The maximum Gasteiger partial charge on any atom is 0.260 e. The predicted octanol–water partition coefficient (Wildman–Crippen LogP) is 3.90. The highest BCUT2D eigenvalue weighted by Crippen LogP contribution is 2.32. The molecule has 0 bridgehead atoms. The van der Waals surface area contributed by atoms with Gasteiger partial charge in [-0.25, -0.2) is 4.39 Å². The highest BCUT2D eigenvalue weighted by Gasteiger charge is 2.21. The van der Waals surface area contributed by atoms with Crippen LogP contribution >= 0.6 is 0 Å². The van der Waals surface area contributed by atoms with Crippen molar-refractivity contribution in [3.05, 3.63) is 29.8 Å². The summed E-state index contributed by atoms with van der Waals surface area (Å²) in [4.78, 5) is 4.42. The van der Waals surface area contributed by atoms with E-state index in [0.29, 0.717) is 17.4 Å². The molecule has 0 spiro atoms. The molecule has 2 N–H and O–H groups in total. The molecule has 0 saturated heterocycles. The van der Waals surface area contributed by atoms with Gasteiger partial charge in [0.2, 0.25) is 0 Å². The smallest absolute Gasteiger partial charge is 0.260 e. The predicted molar refractivity (Wildman–Crippen MR) is 74.5 cm³/mol. The number of hydrogen-bond donors (Lipinski definition) is 1. The summed E-state index contributed by atoms with van der Waals surface area (Å²) >= 11 is 0. The molecule has 2 aromatic rings. The van der Waals surface area contributed by atoms with Gasteiger partial charge < -0.3 is 10.3 Å². The van der Waals surface area contributed by atoms with Crippen LogP contribution in [0.2, 0.25) is 0 Å². The van der Waals surface area contributed by atoms with Crippen molar-refractivity contribution in [3.63, 3.8) is 0 Å². The minimum Gasteiger partial charge on any atom is -0.396 e. The number of halogens is 1. The number of hydrogen-bond acceptors (Lipinski definition) is 4. The van der Waals surface area contributed by atoms with Gasteiger partial charge in [-0.3, -0.25) is 0 Å². The van der Waals surface area contributed by atoms with E-state index >= 15 is 0 Å². The van der Waals surface area contributed by atoms with E-state index in [0.717, 1.165) is 18.7 Å². The summed E-state index contributed by atoms with van der Waals surface area (Å²) in [5.41, 5.74) is 6.25. The minimum atomic E-state index is -0.461. The first kappa shape index (κ1) is 13.1. The summed E-state index contributed by atoms with van der Waals surface area (Å²) in [6, 6.07) is 4.61. The van der Waals surface area contributed by atoms with E-state index in [2.05, 4.69) is 10.1 Å². The molecule has 5 heteroatoms. The lowest BCUT2D eigenvalue weighted by Gasteiger charge is -2.07. The van der Waals surface area contributed by atoms with Gasteiger partial charge in [0.25, 0.3) is 5.89 Å². The largest absolute Gasteiger partial charge is 0.396 e. The van der Waals surface area contributed by atoms with Crippen LogP contribution in [0.3, 0.4) is 0 Å². The van der Waals surface area contributed by atoms with Gasteiger partial charge in [-0.15, -0.1) is 0 Å². The molecule has 1 aliphatic carbocycles. The second kappa shape index (κ2) is 5.61. The molecule has 1 fully saturated rings. The molecule has 1 aromatic carbocycles. The maximum absolute atomic E-state index is 13.5. The van der Waals surface area contributed by atoms with Crippen LogP contribution in [0.5, 0.6) is 0 Å². The summed E-state index contributed by atoms with van der Waals surface area (Å²) in [6.07, 6.45) is 7.15.